The van der Waals surface area contributed by atoms with Crippen LogP contribution < -0.4 is 10.2 Å². The third kappa shape index (κ3) is 5.57. The predicted molar refractivity (Wildman–Crippen MR) is 132 cm³/mol. The number of nitrogens with zero attached hydrogens (tertiary/aromatic N) is 4. The third-order valence-corrected chi connectivity index (χ3v) is 6.87. The molecule has 1 N–H and O–H groups in total. The van der Waals surface area contributed by atoms with Crippen LogP contribution in [0.3, 0.4) is 0 Å². The summed E-state index contributed by atoms with van der Waals surface area (Å²) in [5, 5.41) is 12.7. The monoisotopic (exact) mass is 465 g/mol. The van der Waals surface area contributed by atoms with Gasteiger partial charge in [-0.1, -0.05) is 47.7 Å². The van der Waals surface area contributed by atoms with Crippen LogP contribution in [0.1, 0.15) is 35.2 Å². The molecule has 1 saturated heterocycles. The number of rotatable bonds is 7. The van der Waals surface area contributed by atoms with Gasteiger partial charge in [0, 0.05) is 13.1 Å². The lowest BCUT2D eigenvalue weighted by Gasteiger charge is -2.28. The molecule has 8 heteroatoms. The third-order valence-electron chi connectivity index (χ3n) is 5.94. The first kappa shape index (κ1) is 23.3. The van der Waals surface area contributed by atoms with E-state index >= 15 is 0 Å². The number of ether oxygens (including phenoxy) is 1. The summed E-state index contributed by atoms with van der Waals surface area (Å²) in [6.07, 6.45) is 0. The maximum atomic E-state index is 12.7. The molecule has 0 aliphatic carbocycles. The molecular formula is C25H31N5O2S. The number of hydrogen-bond acceptors (Lipinski definition) is 6. The van der Waals surface area contributed by atoms with Crippen LogP contribution in [-0.2, 0) is 9.53 Å². The van der Waals surface area contributed by atoms with Crippen molar-refractivity contribution in [1.29, 1.82) is 0 Å². The van der Waals surface area contributed by atoms with Crippen LogP contribution in [0.15, 0.2) is 47.6 Å². The molecule has 1 amide bonds. The summed E-state index contributed by atoms with van der Waals surface area (Å²) >= 11 is 1.40. The molecule has 4 rings (SSSR count). The van der Waals surface area contributed by atoms with E-state index in [0.717, 1.165) is 30.3 Å². The van der Waals surface area contributed by atoms with Gasteiger partial charge in [-0.15, -0.1) is 10.2 Å². The Bertz CT molecular complexity index is 1110. The number of carbonyl (C=O) groups excluding carboxylic acids is 1. The van der Waals surface area contributed by atoms with Gasteiger partial charge in [-0.25, -0.2) is 0 Å². The lowest BCUT2D eigenvalue weighted by molar-refractivity contribution is -0.119. The van der Waals surface area contributed by atoms with E-state index in [1.165, 1.54) is 28.5 Å². The summed E-state index contributed by atoms with van der Waals surface area (Å²) in [5.41, 5.74) is 5.75. The van der Waals surface area contributed by atoms with E-state index in [-0.39, 0.29) is 17.7 Å². The van der Waals surface area contributed by atoms with Crippen molar-refractivity contribution in [3.05, 3.63) is 64.7 Å². The second-order valence-electron chi connectivity index (χ2n) is 8.47. The predicted octanol–water partition coefficient (Wildman–Crippen LogP) is 4.00. The lowest BCUT2D eigenvalue weighted by atomic mass is 10.0. The molecule has 1 aliphatic heterocycles. The Balaban J connectivity index is 1.49. The Morgan fingerprint density at radius 1 is 1.06 bits per heavy atom. The van der Waals surface area contributed by atoms with E-state index in [2.05, 4.69) is 83.6 Å². The van der Waals surface area contributed by atoms with Crippen LogP contribution in [0.5, 0.6) is 0 Å². The molecule has 2 heterocycles. The second kappa shape index (κ2) is 10.4. The van der Waals surface area contributed by atoms with Crippen LogP contribution in [0.25, 0.3) is 5.69 Å². The summed E-state index contributed by atoms with van der Waals surface area (Å²) in [6, 6.07) is 14.5. The maximum absolute atomic E-state index is 12.7. The molecule has 33 heavy (non-hydrogen) atoms. The minimum atomic E-state index is -0.0590. The molecule has 0 radical (unpaired) electrons. The molecule has 2 aromatic carbocycles. The van der Waals surface area contributed by atoms with Crippen molar-refractivity contribution in [1.82, 2.24) is 20.1 Å². The number of carbonyl (C=O) groups is 1. The fourth-order valence-electron chi connectivity index (χ4n) is 3.77. The zero-order valence-electron chi connectivity index (χ0n) is 19.7. The molecule has 3 aromatic rings. The molecule has 1 unspecified atom stereocenters. The van der Waals surface area contributed by atoms with E-state index in [0.29, 0.717) is 18.4 Å². The molecular weight excluding hydrogens is 434 g/mol. The first-order valence-corrected chi connectivity index (χ1v) is 12.3. The highest BCUT2D eigenvalue weighted by atomic mass is 32.2. The largest absolute Gasteiger partial charge is 0.378 e. The quantitative estimate of drug-likeness (QED) is 0.532. The standard InChI is InChI=1S/C25H31N5O2S/c1-17-5-9-22(10-6-17)30-24(29-11-13-32-14-12-29)27-28-25(30)33-16-23(31)26-20(4)21-8-7-18(2)19(3)15-21/h5-10,15,20H,11-14,16H2,1-4H3,(H,26,31). The Morgan fingerprint density at radius 3 is 2.48 bits per heavy atom. The van der Waals surface area contributed by atoms with Crippen molar-refractivity contribution in [2.45, 2.75) is 38.9 Å². The first-order valence-electron chi connectivity index (χ1n) is 11.3. The molecule has 1 atom stereocenters. The van der Waals surface area contributed by atoms with Gasteiger partial charge in [0.1, 0.15) is 0 Å². The first-order chi connectivity index (χ1) is 15.9. The van der Waals surface area contributed by atoms with Gasteiger partial charge in [0.2, 0.25) is 11.9 Å². The van der Waals surface area contributed by atoms with Crippen molar-refractivity contribution in [3.8, 4) is 5.69 Å². The molecule has 0 bridgehead atoms. The number of aryl methyl sites for hydroxylation is 3. The fourth-order valence-corrected chi connectivity index (χ4v) is 4.53. The molecule has 7 nitrogen and oxygen atoms in total. The van der Waals surface area contributed by atoms with Crippen molar-refractivity contribution < 1.29 is 9.53 Å². The average Bonchev–Trinajstić information content (AvgIpc) is 3.24. The van der Waals surface area contributed by atoms with E-state index in [9.17, 15) is 4.79 Å². The summed E-state index contributed by atoms with van der Waals surface area (Å²) in [5.74, 6) is 1.02. The molecule has 0 saturated carbocycles. The van der Waals surface area contributed by atoms with E-state index in [1.54, 1.807) is 0 Å². The molecule has 1 aromatic heterocycles. The minimum Gasteiger partial charge on any atom is -0.378 e. The van der Waals surface area contributed by atoms with Crippen molar-refractivity contribution >= 4 is 23.6 Å². The normalized spacial score (nSPS) is 14.8. The van der Waals surface area contributed by atoms with E-state index in [4.69, 9.17) is 4.74 Å². The second-order valence-corrected chi connectivity index (χ2v) is 9.42. The highest BCUT2D eigenvalue weighted by Crippen LogP contribution is 2.27. The zero-order chi connectivity index (χ0) is 23.4. The minimum absolute atomic E-state index is 0.0305. The summed E-state index contributed by atoms with van der Waals surface area (Å²) in [6.45, 7) is 11.1. The van der Waals surface area contributed by atoms with Gasteiger partial charge in [-0.05, 0) is 56.5 Å². The Morgan fingerprint density at radius 2 is 1.79 bits per heavy atom. The summed E-state index contributed by atoms with van der Waals surface area (Å²) in [7, 11) is 0. The van der Waals surface area contributed by atoms with Gasteiger partial charge >= 0.3 is 0 Å². The van der Waals surface area contributed by atoms with Gasteiger partial charge in [-0.2, -0.15) is 0 Å². The Hall–Kier alpha value is -2.84. The number of aromatic nitrogens is 3. The highest BCUT2D eigenvalue weighted by Gasteiger charge is 2.22. The maximum Gasteiger partial charge on any atom is 0.232 e. The van der Waals surface area contributed by atoms with Gasteiger partial charge in [0.15, 0.2) is 5.16 Å². The van der Waals surface area contributed by atoms with Crippen LogP contribution in [0.2, 0.25) is 0 Å². The number of benzene rings is 2. The van der Waals surface area contributed by atoms with Gasteiger partial charge in [-0.3, -0.25) is 9.36 Å². The van der Waals surface area contributed by atoms with Crippen LogP contribution in [-0.4, -0.2) is 52.7 Å². The summed E-state index contributed by atoms with van der Waals surface area (Å²) in [4.78, 5) is 14.9. The number of amides is 1. The fraction of sp³-hybridized carbons (Fsp3) is 0.400. The topological polar surface area (TPSA) is 72.3 Å². The van der Waals surface area contributed by atoms with Crippen LogP contribution >= 0.6 is 11.8 Å². The smallest absolute Gasteiger partial charge is 0.232 e. The summed E-state index contributed by atoms with van der Waals surface area (Å²) < 4.78 is 7.54. The van der Waals surface area contributed by atoms with Crippen molar-refractivity contribution in [2.24, 2.45) is 0 Å². The van der Waals surface area contributed by atoms with Gasteiger partial charge in [0.25, 0.3) is 0 Å². The number of thioether (sulfide) groups is 1. The molecule has 0 spiro atoms. The van der Waals surface area contributed by atoms with Crippen LogP contribution in [0.4, 0.5) is 5.95 Å². The van der Waals surface area contributed by atoms with E-state index < -0.39 is 0 Å². The van der Waals surface area contributed by atoms with E-state index in [1.807, 2.05) is 11.5 Å². The van der Waals surface area contributed by atoms with Crippen molar-refractivity contribution in [3.63, 3.8) is 0 Å². The number of anilines is 1. The zero-order valence-corrected chi connectivity index (χ0v) is 20.5. The van der Waals surface area contributed by atoms with Gasteiger partial charge in [0.05, 0.1) is 30.7 Å². The lowest BCUT2D eigenvalue weighted by Crippen LogP contribution is -2.37. The Kier molecular flexibility index (Phi) is 7.35. The SMILES string of the molecule is Cc1ccc(-n2c(SCC(=O)NC(C)c3ccc(C)c(C)c3)nnc2N2CCOCC2)cc1. The Labute approximate surface area is 199 Å². The number of hydrogen-bond donors (Lipinski definition) is 1. The highest BCUT2D eigenvalue weighted by molar-refractivity contribution is 7.99. The number of nitrogens with one attached hydrogen (secondary N) is 1. The molecule has 1 aliphatic rings. The van der Waals surface area contributed by atoms with Crippen LogP contribution in [0, 0.1) is 20.8 Å². The average molecular weight is 466 g/mol. The molecule has 1 fully saturated rings. The van der Waals surface area contributed by atoms with Gasteiger partial charge < -0.3 is 15.0 Å². The molecule has 174 valence electrons. The van der Waals surface area contributed by atoms with Crippen molar-refractivity contribution in [2.75, 3.05) is 37.0 Å². The number of morpholine rings is 1.